The van der Waals surface area contributed by atoms with Crippen molar-refractivity contribution in [3.8, 4) is 0 Å². The summed E-state index contributed by atoms with van der Waals surface area (Å²) in [5.41, 5.74) is -0.114. The van der Waals surface area contributed by atoms with E-state index in [9.17, 15) is 4.79 Å². The van der Waals surface area contributed by atoms with E-state index in [1.165, 1.54) is 4.57 Å². The Kier molecular flexibility index (Phi) is 3.08. The Bertz CT molecular complexity index is 359. The third-order valence-corrected chi connectivity index (χ3v) is 1.85. The molecule has 0 saturated heterocycles. The fraction of sp³-hybridized carbons (Fsp3) is 0.500. The van der Waals surface area contributed by atoms with Crippen LogP contribution in [0.3, 0.4) is 0 Å². The summed E-state index contributed by atoms with van der Waals surface area (Å²) in [7, 11) is 1.69. The molecule has 1 heterocycles. The second-order valence-electron chi connectivity index (χ2n) is 3.13. The van der Waals surface area contributed by atoms with Crippen LogP contribution in [0.4, 0.5) is 5.82 Å². The van der Waals surface area contributed by atoms with Gasteiger partial charge in [0, 0.05) is 19.3 Å². The van der Waals surface area contributed by atoms with Crippen molar-refractivity contribution < 1.29 is 0 Å². The molecular weight excluding hydrogens is 234 g/mol. The minimum Gasteiger partial charge on any atom is -0.363 e. The first-order chi connectivity index (χ1) is 6.00. The lowest BCUT2D eigenvalue weighted by Crippen LogP contribution is -2.25. The van der Waals surface area contributed by atoms with Crippen molar-refractivity contribution in [3.63, 3.8) is 0 Å². The van der Waals surface area contributed by atoms with Gasteiger partial charge in [-0.2, -0.15) is 0 Å². The fourth-order valence-electron chi connectivity index (χ4n) is 0.936. The molecule has 0 aliphatic heterocycles. The van der Waals surface area contributed by atoms with Crippen molar-refractivity contribution >= 4 is 21.7 Å². The topological polar surface area (TPSA) is 46.9 Å². The van der Waals surface area contributed by atoms with E-state index in [4.69, 9.17) is 0 Å². The number of nitrogens with zero attached hydrogens (tertiary/aromatic N) is 2. The third kappa shape index (κ3) is 2.55. The van der Waals surface area contributed by atoms with Crippen LogP contribution in [0.5, 0.6) is 0 Å². The van der Waals surface area contributed by atoms with Crippen molar-refractivity contribution in [3.05, 3.63) is 21.2 Å². The molecule has 0 radical (unpaired) electrons. The molecule has 5 heteroatoms. The van der Waals surface area contributed by atoms with Gasteiger partial charge in [0.1, 0.15) is 4.60 Å². The van der Waals surface area contributed by atoms with Crippen molar-refractivity contribution in [2.75, 3.05) is 5.32 Å². The lowest BCUT2D eigenvalue weighted by atomic mass is 10.4. The van der Waals surface area contributed by atoms with Crippen LogP contribution in [0.25, 0.3) is 0 Å². The SMILES string of the molecule is CC(C)Nc1nc(Br)cn(C)c1=O. The molecule has 1 rings (SSSR count). The van der Waals surface area contributed by atoms with Gasteiger partial charge in [-0.05, 0) is 29.8 Å². The zero-order chi connectivity index (χ0) is 10.0. The molecule has 1 aromatic heterocycles. The van der Waals surface area contributed by atoms with Gasteiger partial charge in [-0.15, -0.1) is 0 Å². The summed E-state index contributed by atoms with van der Waals surface area (Å²) in [6, 6.07) is 0.203. The molecule has 0 amide bonds. The molecule has 1 aromatic rings. The number of aromatic nitrogens is 2. The van der Waals surface area contributed by atoms with E-state index >= 15 is 0 Å². The van der Waals surface area contributed by atoms with E-state index in [1.807, 2.05) is 13.8 Å². The van der Waals surface area contributed by atoms with E-state index in [-0.39, 0.29) is 11.6 Å². The highest BCUT2D eigenvalue weighted by molar-refractivity contribution is 9.10. The van der Waals surface area contributed by atoms with E-state index in [0.29, 0.717) is 10.4 Å². The molecule has 0 saturated carbocycles. The quantitative estimate of drug-likeness (QED) is 0.857. The minimum absolute atomic E-state index is 0.114. The average molecular weight is 246 g/mol. The van der Waals surface area contributed by atoms with Crippen LogP contribution in [-0.4, -0.2) is 15.6 Å². The predicted octanol–water partition coefficient (Wildman–Crippen LogP) is 1.36. The number of hydrogen-bond donors (Lipinski definition) is 1. The second kappa shape index (κ2) is 3.91. The third-order valence-electron chi connectivity index (χ3n) is 1.47. The summed E-state index contributed by atoms with van der Waals surface area (Å²) in [6.45, 7) is 3.92. The van der Waals surface area contributed by atoms with Crippen LogP contribution in [0.2, 0.25) is 0 Å². The van der Waals surface area contributed by atoms with E-state index in [1.54, 1.807) is 13.2 Å². The lowest BCUT2D eigenvalue weighted by molar-refractivity contribution is 0.811. The Morgan fingerprint density at radius 2 is 2.23 bits per heavy atom. The Labute approximate surface area is 85.1 Å². The maximum Gasteiger partial charge on any atom is 0.293 e. The highest BCUT2D eigenvalue weighted by Gasteiger charge is 2.05. The number of rotatable bonds is 2. The van der Waals surface area contributed by atoms with E-state index in [2.05, 4.69) is 26.2 Å². The molecule has 0 fully saturated rings. The Morgan fingerprint density at radius 3 is 2.77 bits per heavy atom. The van der Waals surface area contributed by atoms with E-state index < -0.39 is 0 Å². The van der Waals surface area contributed by atoms with Gasteiger partial charge < -0.3 is 9.88 Å². The molecule has 72 valence electrons. The molecule has 0 unspecified atom stereocenters. The van der Waals surface area contributed by atoms with Crippen LogP contribution in [0.1, 0.15) is 13.8 Å². The summed E-state index contributed by atoms with van der Waals surface area (Å²) in [6.07, 6.45) is 1.63. The van der Waals surface area contributed by atoms with Gasteiger partial charge in [0.15, 0.2) is 5.82 Å². The maximum atomic E-state index is 11.5. The molecule has 0 spiro atoms. The normalized spacial score (nSPS) is 10.5. The first-order valence-corrected chi connectivity index (χ1v) is 4.79. The number of aryl methyl sites for hydroxylation is 1. The van der Waals surface area contributed by atoms with Crippen LogP contribution in [0, 0.1) is 0 Å². The number of halogens is 1. The average Bonchev–Trinajstić information content (AvgIpc) is 1.98. The van der Waals surface area contributed by atoms with Gasteiger partial charge in [0.2, 0.25) is 0 Å². The molecule has 13 heavy (non-hydrogen) atoms. The van der Waals surface area contributed by atoms with Crippen molar-refractivity contribution in [2.24, 2.45) is 7.05 Å². The fourth-order valence-corrected chi connectivity index (χ4v) is 1.42. The zero-order valence-corrected chi connectivity index (χ0v) is 9.42. The first-order valence-electron chi connectivity index (χ1n) is 4.00. The van der Waals surface area contributed by atoms with Crippen molar-refractivity contribution in [1.29, 1.82) is 0 Å². The highest BCUT2D eigenvalue weighted by atomic mass is 79.9. The molecule has 0 bridgehead atoms. The van der Waals surface area contributed by atoms with Crippen molar-refractivity contribution in [1.82, 2.24) is 9.55 Å². The number of nitrogens with one attached hydrogen (secondary N) is 1. The highest BCUT2D eigenvalue weighted by Crippen LogP contribution is 2.06. The van der Waals surface area contributed by atoms with Crippen LogP contribution < -0.4 is 10.9 Å². The molecule has 4 nitrogen and oxygen atoms in total. The zero-order valence-electron chi connectivity index (χ0n) is 7.84. The van der Waals surface area contributed by atoms with Crippen LogP contribution >= 0.6 is 15.9 Å². The smallest absolute Gasteiger partial charge is 0.293 e. The summed E-state index contributed by atoms with van der Waals surface area (Å²) in [4.78, 5) is 15.5. The molecule has 0 aliphatic rings. The van der Waals surface area contributed by atoms with Gasteiger partial charge in [-0.1, -0.05) is 0 Å². The number of anilines is 1. The van der Waals surface area contributed by atoms with Gasteiger partial charge in [0.05, 0.1) is 0 Å². The minimum atomic E-state index is -0.114. The lowest BCUT2D eigenvalue weighted by Gasteiger charge is -2.09. The largest absolute Gasteiger partial charge is 0.363 e. The summed E-state index contributed by atoms with van der Waals surface area (Å²) in [5.74, 6) is 0.381. The van der Waals surface area contributed by atoms with Crippen molar-refractivity contribution in [2.45, 2.75) is 19.9 Å². The Morgan fingerprint density at radius 1 is 1.62 bits per heavy atom. The monoisotopic (exact) mass is 245 g/mol. The second-order valence-corrected chi connectivity index (χ2v) is 3.94. The summed E-state index contributed by atoms with van der Waals surface area (Å²) >= 11 is 3.23. The summed E-state index contributed by atoms with van der Waals surface area (Å²) < 4.78 is 2.14. The number of hydrogen-bond acceptors (Lipinski definition) is 3. The van der Waals surface area contributed by atoms with E-state index in [0.717, 1.165) is 0 Å². The predicted molar refractivity (Wildman–Crippen MR) is 55.9 cm³/mol. The molecule has 0 aliphatic carbocycles. The van der Waals surface area contributed by atoms with Gasteiger partial charge in [0.25, 0.3) is 5.56 Å². The summed E-state index contributed by atoms with van der Waals surface area (Å²) in [5, 5.41) is 2.98. The van der Waals surface area contributed by atoms with Crippen LogP contribution in [0.15, 0.2) is 15.6 Å². The molecular formula is C8H12BrN3O. The van der Waals surface area contributed by atoms with Gasteiger partial charge in [-0.25, -0.2) is 4.98 Å². The Hall–Kier alpha value is -0.840. The standard InChI is InChI=1S/C8H12BrN3O/c1-5(2)10-7-8(13)12(3)4-6(9)11-7/h4-5H,1-3H3,(H,10,11). The maximum absolute atomic E-state index is 11.5. The Balaban J connectivity index is 3.13. The first kappa shape index (κ1) is 10.2. The molecule has 0 atom stereocenters. The van der Waals surface area contributed by atoms with Gasteiger partial charge in [-0.3, -0.25) is 4.79 Å². The molecule has 1 N–H and O–H groups in total. The molecule has 0 aromatic carbocycles. The van der Waals surface area contributed by atoms with Crippen LogP contribution in [-0.2, 0) is 7.05 Å². The van der Waals surface area contributed by atoms with Gasteiger partial charge >= 0.3 is 0 Å².